The number of benzene rings is 1. The summed E-state index contributed by atoms with van der Waals surface area (Å²) in [6.45, 7) is 2.83. The Kier molecular flexibility index (Phi) is 5.78. The summed E-state index contributed by atoms with van der Waals surface area (Å²) in [6, 6.07) is 4.85. The van der Waals surface area contributed by atoms with E-state index < -0.39 is 5.54 Å². The van der Waals surface area contributed by atoms with E-state index in [1.165, 1.54) is 25.1 Å². The molecule has 3 aliphatic rings. The maximum atomic E-state index is 14.6. The van der Waals surface area contributed by atoms with Crippen molar-refractivity contribution in [3.8, 4) is 5.75 Å². The molecule has 3 unspecified atom stereocenters. The van der Waals surface area contributed by atoms with Gasteiger partial charge in [0.1, 0.15) is 17.1 Å². The van der Waals surface area contributed by atoms with Gasteiger partial charge in [-0.05, 0) is 74.8 Å². The van der Waals surface area contributed by atoms with Crippen molar-refractivity contribution in [1.82, 2.24) is 10.2 Å². The van der Waals surface area contributed by atoms with Crippen LogP contribution in [0.4, 0.5) is 4.39 Å². The van der Waals surface area contributed by atoms with Gasteiger partial charge in [-0.3, -0.25) is 10.1 Å². The Morgan fingerprint density at radius 2 is 2.17 bits per heavy atom. The number of hydrogen-bond donors (Lipinski definition) is 2. The lowest BCUT2D eigenvalue weighted by Crippen LogP contribution is -2.48. The molecule has 2 heterocycles. The van der Waals surface area contributed by atoms with Crippen molar-refractivity contribution in [1.29, 1.82) is 5.41 Å². The highest BCUT2D eigenvalue weighted by Crippen LogP contribution is 2.36. The summed E-state index contributed by atoms with van der Waals surface area (Å²) < 4.78 is 20.6. The van der Waals surface area contributed by atoms with Gasteiger partial charge in [0.25, 0.3) is 0 Å². The molecule has 4 rings (SSSR count). The third-order valence-corrected chi connectivity index (χ3v) is 6.60. The van der Waals surface area contributed by atoms with Crippen LogP contribution in [0, 0.1) is 17.1 Å². The maximum Gasteiger partial charge on any atom is 0.242 e. The first-order valence-corrected chi connectivity index (χ1v) is 10.8. The van der Waals surface area contributed by atoms with E-state index in [9.17, 15) is 9.18 Å². The smallest absolute Gasteiger partial charge is 0.242 e. The van der Waals surface area contributed by atoms with Crippen LogP contribution in [0.1, 0.15) is 44.6 Å². The lowest BCUT2D eigenvalue weighted by atomic mass is 9.96. The number of halogens is 1. The normalized spacial score (nSPS) is 28.0. The molecule has 0 radical (unpaired) electrons. The van der Waals surface area contributed by atoms with Crippen LogP contribution >= 0.6 is 0 Å². The number of likely N-dealkylation sites (tertiary alicyclic amines) is 1. The van der Waals surface area contributed by atoms with Crippen LogP contribution in [0.5, 0.6) is 5.75 Å². The first-order chi connectivity index (χ1) is 14.4. The molecule has 2 saturated heterocycles. The summed E-state index contributed by atoms with van der Waals surface area (Å²) in [5.74, 6) is 1.05. The summed E-state index contributed by atoms with van der Waals surface area (Å²) in [7, 11) is 1.84. The summed E-state index contributed by atoms with van der Waals surface area (Å²) >= 11 is 0. The zero-order chi connectivity index (χ0) is 21.3. The zero-order valence-corrected chi connectivity index (χ0v) is 17.7. The molecule has 1 aliphatic carbocycles. The van der Waals surface area contributed by atoms with Gasteiger partial charge in [0.15, 0.2) is 0 Å². The van der Waals surface area contributed by atoms with E-state index >= 15 is 0 Å². The largest absolute Gasteiger partial charge is 0.490 e. The Morgan fingerprint density at radius 3 is 2.83 bits per heavy atom. The van der Waals surface area contributed by atoms with E-state index in [0.29, 0.717) is 22.8 Å². The summed E-state index contributed by atoms with van der Waals surface area (Å²) in [5.41, 5.74) is 0.580. The molecular weight excluding hydrogens is 381 g/mol. The molecule has 3 fully saturated rings. The van der Waals surface area contributed by atoms with Gasteiger partial charge in [0, 0.05) is 31.4 Å². The van der Waals surface area contributed by atoms with E-state index in [0.717, 1.165) is 25.8 Å². The molecule has 1 aromatic rings. The molecule has 0 aromatic heterocycles. The minimum atomic E-state index is -0.451. The van der Waals surface area contributed by atoms with Crippen LogP contribution in [0.25, 0.3) is 5.57 Å². The topological polar surface area (TPSA) is 65.4 Å². The Labute approximate surface area is 177 Å². The second kappa shape index (κ2) is 8.34. The second-order valence-corrected chi connectivity index (χ2v) is 8.80. The van der Waals surface area contributed by atoms with Crippen molar-refractivity contribution in [3.63, 3.8) is 0 Å². The second-order valence-electron chi connectivity index (χ2n) is 8.80. The average molecular weight is 412 g/mol. The van der Waals surface area contributed by atoms with Gasteiger partial charge in [-0.2, -0.15) is 0 Å². The van der Waals surface area contributed by atoms with Crippen molar-refractivity contribution in [2.45, 2.75) is 56.7 Å². The van der Waals surface area contributed by atoms with Gasteiger partial charge in [0.05, 0.1) is 6.10 Å². The van der Waals surface area contributed by atoms with Crippen LogP contribution in [0.15, 0.2) is 36.4 Å². The Morgan fingerprint density at radius 1 is 1.37 bits per heavy atom. The van der Waals surface area contributed by atoms with Crippen LogP contribution in [0.3, 0.4) is 0 Å². The van der Waals surface area contributed by atoms with E-state index in [4.69, 9.17) is 10.1 Å². The van der Waals surface area contributed by atoms with Gasteiger partial charge in [-0.15, -0.1) is 0 Å². The molecule has 1 saturated carbocycles. The highest BCUT2D eigenvalue weighted by molar-refractivity contribution is 5.89. The third kappa shape index (κ3) is 4.19. The number of allylic oxidation sites excluding steroid dienone is 3. The van der Waals surface area contributed by atoms with E-state index in [-0.39, 0.29) is 23.9 Å². The standard InChI is InChI=1S/C24H30FN3O2/c1-16(17-3-4-17)30-20-7-8-22(25)21(15-20)18(10-13-26)5-6-19-9-11-24(27-19)12-14-28(2)23(24)29/h5-8,10,13,15-17,19,26-27H,3-4,9,11-12,14H2,1-2H3. The number of ether oxygens (including phenoxy) is 1. The van der Waals surface area contributed by atoms with Crippen molar-refractivity contribution in [3.05, 3.63) is 47.8 Å². The number of nitrogens with one attached hydrogen (secondary N) is 2. The van der Waals surface area contributed by atoms with Gasteiger partial charge in [0.2, 0.25) is 5.91 Å². The minimum Gasteiger partial charge on any atom is -0.490 e. The fourth-order valence-electron chi connectivity index (χ4n) is 4.56. The van der Waals surface area contributed by atoms with Crippen molar-refractivity contribution >= 4 is 17.7 Å². The SMILES string of the molecule is CC(Oc1ccc(F)c(C(C=CC2CCC3(CCN(C)C3=O)N2)=CC=N)c1)C1CC1. The average Bonchev–Trinajstić information content (AvgIpc) is 3.46. The predicted molar refractivity (Wildman–Crippen MR) is 116 cm³/mol. The Balaban J connectivity index is 1.50. The van der Waals surface area contributed by atoms with Crippen molar-refractivity contribution in [2.75, 3.05) is 13.6 Å². The molecule has 2 N–H and O–H groups in total. The number of nitrogens with zero attached hydrogens (tertiary/aromatic N) is 1. The molecule has 6 heteroatoms. The molecule has 1 amide bonds. The van der Waals surface area contributed by atoms with Crippen LogP contribution < -0.4 is 10.1 Å². The van der Waals surface area contributed by atoms with Gasteiger partial charge < -0.3 is 15.0 Å². The maximum absolute atomic E-state index is 14.6. The molecule has 160 valence electrons. The lowest BCUT2D eigenvalue weighted by Gasteiger charge is -2.22. The van der Waals surface area contributed by atoms with E-state index in [1.807, 2.05) is 19.2 Å². The third-order valence-electron chi connectivity index (χ3n) is 6.60. The highest BCUT2D eigenvalue weighted by atomic mass is 19.1. The van der Waals surface area contributed by atoms with E-state index in [2.05, 4.69) is 12.2 Å². The summed E-state index contributed by atoms with van der Waals surface area (Å²) in [6.07, 6.45) is 11.6. The zero-order valence-electron chi connectivity index (χ0n) is 17.7. The minimum absolute atomic E-state index is 0.0481. The predicted octanol–water partition coefficient (Wildman–Crippen LogP) is 3.95. The molecule has 1 aromatic carbocycles. The van der Waals surface area contributed by atoms with Crippen molar-refractivity contribution in [2.24, 2.45) is 5.92 Å². The number of carbonyl (C=O) groups excluding carboxylic acids is 1. The molecule has 3 atom stereocenters. The molecule has 2 aliphatic heterocycles. The molecule has 1 spiro atoms. The number of carbonyl (C=O) groups is 1. The van der Waals surface area contributed by atoms with Crippen LogP contribution in [-0.2, 0) is 4.79 Å². The Hall–Kier alpha value is -2.47. The molecule has 5 nitrogen and oxygen atoms in total. The van der Waals surface area contributed by atoms with Crippen LogP contribution in [0.2, 0.25) is 0 Å². The van der Waals surface area contributed by atoms with Gasteiger partial charge in [-0.1, -0.05) is 12.2 Å². The number of likely N-dealkylation sites (N-methyl/N-ethyl adjacent to an activating group) is 1. The molecule has 0 bridgehead atoms. The number of amides is 1. The quantitative estimate of drug-likeness (QED) is 0.528. The van der Waals surface area contributed by atoms with E-state index in [1.54, 1.807) is 23.1 Å². The van der Waals surface area contributed by atoms with Gasteiger partial charge >= 0.3 is 0 Å². The Bertz CT molecular complexity index is 892. The number of rotatable bonds is 7. The summed E-state index contributed by atoms with van der Waals surface area (Å²) in [4.78, 5) is 14.3. The van der Waals surface area contributed by atoms with Gasteiger partial charge in [-0.25, -0.2) is 4.39 Å². The van der Waals surface area contributed by atoms with Crippen molar-refractivity contribution < 1.29 is 13.9 Å². The first kappa shape index (κ1) is 20.8. The molecule has 30 heavy (non-hydrogen) atoms. The fourth-order valence-corrected chi connectivity index (χ4v) is 4.56. The first-order valence-electron chi connectivity index (χ1n) is 10.8. The summed E-state index contributed by atoms with van der Waals surface area (Å²) in [5, 5.41) is 11.0. The fraction of sp³-hybridized carbons (Fsp3) is 0.500. The van der Waals surface area contributed by atoms with Crippen LogP contribution in [-0.4, -0.2) is 48.3 Å². The lowest BCUT2D eigenvalue weighted by molar-refractivity contribution is -0.131. The highest BCUT2D eigenvalue weighted by Gasteiger charge is 2.49. The monoisotopic (exact) mass is 411 g/mol. The number of hydrogen-bond acceptors (Lipinski definition) is 4. The molecular formula is C24H30FN3O2.